The normalized spacial score (nSPS) is 10.8. The number of phenolic OH excluding ortho intramolecular Hbond substituents is 1. The van der Waals surface area contributed by atoms with Gasteiger partial charge in [0.25, 0.3) is 5.91 Å². The number of aromatic amines is 1. The molecular formula is C14H16N4O3. The zero-order valence-corrected chi connectivity index (χ0v) is 11.8. The van der Waals surface area contributed by atoms with E-state index in [1.807, 2.05) is 6.92 Å². The van der Waals surface area contributed by atoms with Gasteiger partial charge >= 0.3 is 0 Å². The molecule has 2 rings (SSSR count). The Morgan fingerprint density at radius 2 is 2.38 bits per heavy atom. The Kier molecular flexibility index (Phi) is 4.55. The number of aryl methyl sites for hydroxylation is 1. The maximum atomic E-state index is 11.7. The fourth-order valence-corrected chi connectivity index (χ4v) is 1.67. The van der Waals surface area contributed by atoms with Crippen molar-refractivity contribution in [2.45, 2.75) is 13.8 Å². The van der Waals surface area contributed by atoms with E-state index in [0.717, 1.165) is 5.69 Å². The number of ether oxygens (including phenoxy) is 1. The summed E-state index contributed by atoms with van der Waals surface area (Å²) >= 11 is 0. The van der Waals surface area contributed by atoms with Crippen molar-refractivity contribution in [1.29, 1.82) is 0 Å². The van der Waals surface area contributed by atoms with Crippen molar-refractivity contribution in [3.8, 4) is 11.5 Å². The quantitative estimate of drug-likeness (QED) is 0.574. The number of aromatic nitrogens is 2. The number of hydrogen-bond donors (Lipinski definition) is 3. The molecule has 0 bridgehead atoms. The third kappa shape index (κ3) is 3.59. The molecule has 1 heterocycles. The second-order valence-electron chi connectivity index (χ2n) is 4.26. The molecule has 0 aliphatic rings. The second-order valence-corrected chi connectivity index (χ2v) is 4.26. The van der Waals surface area contributed by atoms with Gasteiger partial charge in [0, 0.05) is 11.3 Å². The molecule has 1 aromatic carbocycles. The Hall–Kier alpha value is -2.83. The number of benzene rings is 1. The molecule has 21 heavy (non-hydrogen) atoms. The van der Waals surface area contributed by atoms with Gasteiger partial charge in [-0.2, -0.15) is 10.2 Å². The van der Waals surface area contributed by atoms with E-state index in [1.54, 1.807) is 31.2 Å². The number of phenols is 1. The van der Waals surface area contributed by atoms with Gasteiger partial charge in [-0.1, -0.05) is 6.07 Å². The number of amides is 1. The van der Waals surface area contributed by atoms with Crippen LogP contribution >= 0.6 is 0 Å². The maximum absolute atomic E-state index is 11.7. The molecule has 3 N–H and O–H groups in total. The van der Waals surface area contributed by atoms with Gasteiger partial charge in [0.05, 0.1) is 12.8 Å². The van der Waals surface area contributed by atoms with E-state index in [0.29, 0.717) is 17.9 Å². The van der Waals surface area contributed by atoms with Crippen molar-refractivity contribution in [2.75, 3.05) is 6.61 Å². The lowest BCUT2D eigenvalue weighted by Crippen LogP contribution is -2.18. The number of rotatable bonds is 5. The van der Waals surface area contributed by atoms with Crippen LogP contribution in [0, 0.1) is 6.92 Å². The Balaban J connectivity index is 2.04. The third-order valence-electron chi connectivity index (χ3n) is 2.64. The lowest BCUT2D eigenvalue weighted by atomic mass is 10.2. The number of carbonyl (C=O) groups excluding carboxylic acids is 1. The number of carbonyl (C=O) groups is 1. The monoisotopic (exact) mass is 288 g/mol. The van der Waals surface area contributed by atoms with Crippen LogP contribution in [-0.4, -0.2) is 34.0 Å². The molecule has 0 saturated heterocycles. The van der Waals surface area contributed by atoms with Crippen LogP contribution < -0.4 is 10.2 Å². The predicted octanol–water partition coefficient (Wildman–Crippen LogP) is 1.59. The second kappa shape index (κ2) is 6.56. The van der Waals surface area contributed by atoms with E-state index in [4.69, 9.17) is 4.74 Å². The molecule has 1 aromatic heterocycles. The number of hydrogen-bond acceptors (Lipinski definition) is 5. The van der Waals surface area contributed by atoms with Crippen LogP contribution in [-0.2, 0) is 0 Å². The topological polar surface area (TPSA) is 99.6 Å². The molecule has 7 nitrogen and oxygen atoms in total. The van der Waals surface area contributed by atoms with Gasteiger partial charge in [-0.05, 0) is 32.0 Å². The van der Waals surface area contributed by atoms with Crippen LogP contribution in [0.15, 0.2) is 29.4 Å². The van der Waals surface area contributed by atoms with Crippen LogP contribution in [0.25, 0.3) is 0 Å². The summed E-state index contributed by atoms with van der Waals surface area (Å²) in [5, 5.41) is 20.2. The van der Waals surface area contributed by atoms with E-state index in [2.05, 4.69) is 20.7 Å². The summed E-state index contributed by atoms with van der Waals surface area (Å²) in [4.78, 5) is 11.7. The summed E-state index contributed by atoms with van der Waals surface area (Å²) < 4.78 is 5.26. The minimum absolute atomic E-state index is 0.0204. The van der Waals surface area contributed by atoms with Crippen LogP contribution in [0.3, 0.4) is 0 Å². The van der Waals surface area contributed by atoms with Gasteiger partial charge in [0.15, 0.2) is 17.2 Å². The molecular weight excluding hydrogens is 272 g/mol. The van der Waals surface area contributed by atoms with Gasteiger partial charge < -0.3 is 9.84 Å². The lowest BCUT2D eigenvalue weighted by Gasteiger charge is -2.06. The first kappa shape index (κ1) is 14.6. The molecule has 0 unspecified atom stereocenters. The van der Waals surface area contributed by atoms with Gasteiger partial charge in [-0.15, -0.1) is 0 Å². The van der Waals surface area contributed by atoms with Crippen molar-refractivity contribution in [1.82, 2.24) is 15.6 Å². The fourth-order valence-electron chi connectivity index (χ4n) is 1.67. The molecule has 1 amide bonds. The SMILES string of the molecule is CCOc1cccc(/C=N\NC(=O)c2cc(C)[nH]n2)c1O. The van der Waals surface area contributed by atoms with E-state index in [1.165, 1.54) is 6.21 Å². The van der Waals surface area contributed by atoms with E-state index < -0.39 is 5.91 Å². The summed E-state index contributed by atoms with van der Waals surface area (Å²) in [6.45, 7) is 4.07. The van der Waals surface area contributed by atoms with Crippen molar-refractivity contribution in [3.05, 3.63) is 41.2 Å². The highest BCUT2D eigenvalue weighted by molar-refractivity contribution is 5.93. The molecule has 0 aliphatic carbocycles. The third-order valence-corrected chi connectivity index (χ3v) is 2.64. The average Bonchev–Trinajstić information content (AvgIpc) is 2.89. The summed E-state index contributed by atoms with van der Waals surface area (Å²) in [5.41, 5.74) is 3.81. The first-order chi connectivity index (χ1) is 10.1. The summed E-state index contributed by atoms with van der Waals surface area (Å²) in [6.07, 6.45) is 1.34. The van der Waals surface area contributed by atoms with Crippen LogP contribution in [0.4, 0.5) is 0 Å². The van der Waals surface area contributed by atoms with Crippen LogP contribution in [0.2, 0.25) is 0 Å². The fraction of sp³-hybridized carbons (Fsp3) is 0.214. The predicted molar refractivity (Wildman–Crippen MR) is 77.7 cm³/mol. The zero-order chi connectivity index (χ0) is 15.2. The summed E-state index contributed by atoms with van der Waals surface area (Å²) in [5.74, 6) is -0.0836. The van der Waals surface area contributed by atoms with Gasteiger partial charge in [0.2, 0.25) is 0 Å². The Labute approximate surface area is 121 Å². The number of nitrogens with one attached hydrogen (secondary N) is 2. The average molecular weight is 288 g/mol. The van der Waals surface area contributed by atoms with E-state index in [9.17, 15) is 9.90 Å². The van der Waals surface area contributed by atoms with Gasteiger partial charge in [-0.25, -0.2) is 5.43 Å². The maximum Gasteiger partial charge on any atom is 0.291 e. The van der Waals surface area contributed by atoms with Gasteiger partial charge in [0.1, 0.15) is 0 Å². The Morgan fingerprint density at radius 1 is 1.57 bits per heavy atom. The standard InChI is InChI=1S/C14H16N4O3/c1-3-21-12-6-4-5-10(13(12)19)8-15-18-14(20)11-7-9(2)16-17-11/h4-8,19H,3H2,1-2H3,(H,16,17)(H,18,20)/b15-8-. The van der Waals surface area contributed by atoms with Crippen molar-refractivity contribution < 1.29 is 14.6 Å². The van der Waals surface area contributed by atoms with E-state index in [-0.39, 0.29) is 11.4 Å². The smallest absolute Gasteiger partial charge is 0.291 e. The molecule has 110 valence electrons. The van der Waals surface area contributed by atoms with E-state index >= 15 is 0 Å². The first-order valence-corrected chi connectivity index (χ1v) is 6.42. The molecule has 0 spiro atoms. The minimum Gasteiger partial charge on any atom is -0.504 e. The van der Waals surface area contributed by atoms with Gasteiger partial charge in [-0.3, -0.25) is 9.89 Å². The highest BCUT2D eigenvalue weighted by atomic mass is 16.5. The summed E-state index contributed by atoms with van der Waals surface area (Å²) in [6, 6.07) is 6.65. The zero-order valence-electron chi connectivity index (χ0n) is 11.8. The Morgan fingerprint density at radius 3 is 3.05 bits per heavy atom. The molecule has 0 fully saturated rings. The molecule has 7 heteroatoms. The molecule has 0 radical (unpaired) electrons. The molecule has 0 aliphatic heterocycles. The highest BCUT2D eigenvalue weighted by Gasteiger charge is 2.08. The number of nitrogens with zero attached hydrogens (tertiary/aromatic N) is 2. The number of para-hydroxylation sites is 1. The first-order valence-electron chi connectivity index (χ1n) is 6.42. The number of H-pyrrole nitrogens is 1. The lowest BCUT2D eigenvalue weighted by molar-refractivity contribution is 0.0950. The number of aromatic hydroxyl groups is 1. The minimum atomic E-state index is -0.434. The van der Waals surface area contributed by atoms with Crippen LogP contribution in [0.5, 0.6) is 11.5 Å². The Bertz CT molecular complexity index is 664. The summed E-state index contributed by atoms with van der Waals surface area (Å²) in [7, 11) is 0. The number of hydrazone groups is 1. The van der Waals surface area contributed by atoms with Crippen molar-refractivity contribution in [3.63, 3.8) is 0 Å². The molecule has 0 saturated carbocycles. The van der Waals surface area contributed by atoms with Crippen molar-refractivity contribution in [2.24, 2.45) is 5.10 Å². The molecule has 0 atom stereocenters. The molecule has 2 aromatic rings. The largest absolute Gasteiger partial charge is 0.504 e. The van der Waals surface area contributed by atoms with Crippen molar-refractivity contribution >= 4 is 12.1 Å². The van der Waals surface area contributed by atoms with Crippen LogP contribution in [0.1, 0.15) is 28.7 Å². The highest BCUT2D eigenvalue weighted by Crippen LogP contribution is 2.28.